The molecule has 6 heteroatoms. The molecule has 0 aliphatic rings. The van der Waals surface area contributed by atoms with Crippen LogP contribution in [0.2, 0.25) is 0 Å². The van der Waals surface area contributed by atoms with Crippen molar-refractivity contribution in [3.05, 3.63) is 0 Å². The molecule has 0 amide bonds. The minimum absolute atomic E-state index is 0. The average Bonchev–Trinajstić information content (AvgIpc) is 1.63. The Morgan fingerprint density at radius 3 is 1.36 bits per heavy atom. The van der Waals surface area contributed by atoms with E-state index >= 15 is 0 Å². The van der Waals surface area contributed by atoms with Gasteiger partial charge in [0.2, 0.25) is 10.0 Å². The van der Waals surface area contributed by atoms with Gasteiger partial charge in [0.25, 0.3) is 0 Å². The Morgan fingerprint density at radius 2 is 1.36 bits per heavy atom. The van der Waals surface area contributed by atoms with Crippen LogP contribution in [0.3, 0.4) is 0 Å². The smallest absolute Gasteiger partial charge is 0.208 e. The van der Waals surface area contributed by atoms with Gasteiger partial charge in [0.05, 0.1) is 5.75 Å². The van der Waals surface area contributed by atoms with Crippen LogP contribution in [0.5, 0.6) is 0 Å². The van der Waals surface area contributed by atoms with Gasteiger partial charge in [-0.1, -0.05) is 0 Å². The van der Waals surface area contributed by atoms with Crippen molar-refractivity contribution in [3.63, 3.8) is 0 Å². The van der Waals surface area contributed by atoms with Gasteiger partial charge in [-0.05, 0) is 28.1 Å². The summed E-state index contributed by atoms with van der Waals surface area (Å²) >= 11 is 0. The summed E-state index contributed by atoms with van der Waals surface area (Å²) in [5.41, 5.74) is 0. The standard InChI is InChI=1S/C3H9N.C2H7NO2S.H3N/c1-4(2)3;1-2-6(3,4)5;/h1-3H3;2H2,1H3,(H2,3,4,5);1H3. The molecule has 11 heavy (non-hydrogen) atoms. The molecule has 0 saturated carbocycles. The molecule has 0 saturated heterocycles. The van der Waals surface area contributed by atoms with E-state index in [-0.39, 0.29) is 11.9 Å². The summed E-state index contributed by atoms with van der Waals surface area (Å²) < 4.78 is 19.6. The molecule has 0 aromatic heterocycles. The molecule has 0 aliphatic heterocycles. The number of nitrogens with two attached hydrogens (primary N) is 1. The molecule has 0 heterocycles. The van der Waals surface area contributed by atoms with E-state index in [1.54, 1.807) is 0 Å². The highest BCUT2D eigenvalue weighted by molar-refractivity contribution is 7.89. The Hall–Kier alpha value is -0.170. The highest BCUT2D eigenvalue weighted by Crippen LogP contribution is 1.68. The van der Waals surface area contributed by atoms with Gasteiger partial charge in [0.15, 0.2) is 0 Å². The maximum atomic E-state index is 9.78. The van der Waals surface area contributed by atoms with E-state index in [1.807, 2.05) is 26.0 Å². The van der Waals surface area contributed by atoms with Crippen LogP contribution in [0.1, 0.15) is 6.92 Å². The molecule has 0 rings (SSSR count). The maximum absolute atomic E-state index is 9.78. The molecule has 0 fully saturated rings. The van der Waals surface area contributed by atoms with Crippen molar-refractivity contribution >= 4 is 10.0 Å². The van der Waals surface area contributed by atoms with E-state index in [9.17, 15) is 8.42 Å². The van der Waals surface area contributed by atoms with Gasteiger partial charge in [0, 0.05) is 0 Å². The number of hydrogen-bond donors (Lipinski definition) is 2. The first-order valence-electron chi connectivity index (χ1n) is 2.91. The molecule has 0 bridgehead atoms. The van der Waals surface area contributed by atoms with Crippen LogP contribution in [0.4, 0.5) is 0 Å². The fourth-order valence-electron chi connectivity index (χ4n) is 0. The van der Waals surface area contributed by atoms with Gasteiger partial charge in [-0.15, -0.1) is 0 Å². The quantitative estimate of drug-likeness (QED) is 0.582. The van der Waals surface area contributed by atoms with Crippen molar-refractivity contribution in [2.24, 2.45) is 5.14 Å². The van der Waals surface area contributed by atoms with Crippen LogP contribution in [0, 0.1) is 0 Å². The van der Waals surface area contributed by atoms with E-state index in [1.165, 1.54) is 6.92 Å². The van der Waals surface area contributed by atoms with Crippen LogP contribution >= 0.6 is 0 Å². The number of sulfonamides is 1. The Labute approximate surface area is 69.2 Å². The van der Waals surface area contributed by atoms with E-state index in [0.717, 1.165) is 0 Å². The Balaban J connectivity index is -0.000000114. The zero-order chi connectivity index (χ0) is 8.78. The Bertz CT molecular complexity index is 150. The van der Waals surface area contributed by atoms with Crippen molar-refractivity contribution in [2.45, 2.75) is 6.92 Å². The van der Waals surface area contributed by atoms with Gasteiger partial charge < -0.3 is 11.1 Å². The topological polar surface area (TPSA) is 98.4 Å². The molecule has 0 unspecified atom stereocenters. The second-order valence-corrected chi connectivity index (χ2v) is 4.20. The minimum Gasteiger partial charge on any atom is -0.344 e. The number of primary sulfonamides is 1. The molecule has 0 aromatic rings. The van der Waals surface area contributed by atoms with E-state index in [0.29, 0.717) is 0 Å². The van der Waals surface area contributed by atoms with Crippen LogP contribution < -0.4 is 11.3 Å². The summed E-state index contributed by atoms with van der Waals surface area (Å²) in [5.74, 6) is 0.0208. The molecular weight excluding hydrogens is 166 g/mol. The third-order valence-corrected chi connectivity index (χ3v) is 1.21. The lowest BCUT2D eigenvalue weighted by Gasteiger charge is -1.90. The second kappa shape index (κ2) is 7.93. The fourth-order valence-corrected chi connectivity index (χ4v) is 0. The van der Waals surface area contributed by atoms with Crippen molar-refractivity contribution in [1.29, 1.82) is 0 Å². The second-order valence-electron chi connectivity index (χ2n) is 2.29. The van der Waals surface area contributed by atoms with Crippen LogP contribution in [0.15, 0.2) is 0 Å². The molecule has 0 atom stereocenters. The summed E-state index contributed by atoms with van der Waals surface area (Å²) in [4.78, 5) is 2.00. The van der Waals surface area contributed by atoms with E-state index in [2.05, 4.69) is 5.14 Å². The molecule has 5 N–H and O–H groups in total. The normalized spacial score (nSPS) is 9.64. The van der Waals surface area contributed by atoms with Crippen LogP contribution in [0.25, 0.3) is 0 Å². The first-order valence-corrected chi connectivity index (χ1v) is 4.62. The van der Waals surface area contributed by atoms with E-state index in [4.69, 9.17) is 0 Å². The molecular formula is C5H19N3O2S. The lowest BCUT2D eigenvalue weighted by molar-refractivity contribution is 0.505. The lowest BCUT2D eigenvalue weighted by atomic mass is 11.0. The predicted octanol–water partition coefficient (Wildman–Crippen LogP) is -0.365. The number of rotatable bonds is 1. The van der Waals surface area contributed by atoms with Crippen LogP contribution in [-0.4, -0.2) is 40.2 Å². The van der Waals surface area contributed by atoms with Crippen molar-refractivity contribution in [3.8, 4) is 0 Å². The highest BCUT2D eigenvalue weighted by atomic mass is 32.2. The summed E-state index contributed by atoms with van der Waals surface area (Å²) in [7, 11) is 2.84. The van der Waals surface area contributed by atoms with E-state index < -0.39 is 10.0 Å². The lowest BCUT2D eigenvalue weighted by Crippen LogP contribution is -2.13. The summed E-state index contributed by atoms with van der Waals surface area (Å²) in [6, 6.07) is 0. The average molecular weight is 185 g/mol. The Morgan fingerprint density at radius 1 is 1.27 bits per heavy atom. The first-order chi connectivity index (χ1) is 4.29. The van der Waals surface area contributed by atoms with Gasteiger partial charge in [-0.25, -0.2) is 13.6 Å². The van der Waals surface area contributed by atoms with Crippen molar-refractivity contribution < 1.29 is 8.42 Å². The molecule has 5 nitrogen and oxygen atoms in total. The summed E-state index contributed by atoms with van der Waals surface area (Å²) in [6.45, 7) is 1.50. The fraction of sp³-hybridized carbons (Fsp3) is 1.00. The summed E-state index contributed by atoms with van der Waals surface area (Å²) in [6.07, 6.45) is 0. The third kappa shape index (κ3) is 75.2. The minimum atomic E-state index is -3.16. The number of nitrogens with zero attached hydrogens (tertiary/aromatic N) is 1. The Kier molecular flexibility index (Phi) is 12.3. The van der Waals surface area contributed by atoms with Gasteiger partial charge in [-0.3, -0.25) is 0 Å². The van der Waals surface area contributed by atoms with Gasteiger partial charge in [0.1, 0.15) is 0 Å². The van der Waals surface area contributed by atoms with Crippen molar-refractivity contribution in [2.75, 3.05) is 26.9 Å². The highest BCUT2D eigenvalue weighted by Gasteiger charge is 1.90. The summed E-state index contributed by atoms with van der Waals surface area (Å²) in [5, 5.41) is 4.51. The van der Waals surface area contributed by atoms with Crippen LogP contribution in [-0.2, 0) is 10.0 Å². The molecule has 0 aliphatic carbocycles. The molecule has 0 aromatic carbocycles. The molecule has 72 valence electrons. The SMILES string of the molecule is CCS(N)(=O)=O.CN(C)C.N. The molecule has 0 radical (unpaired) electrons. The van der Waals surface area contributed by atoms with Gasteiger partial charge in [-0.2, -0.15) is 0 Å². The maximum Gasteiger partial charge on any atom is 0.208 e. The first kappa shape index (κ1) is 17.1. The third-order valence-electron chi connectivity index (χ3n) is 0.402. The predicted molar refractivity (Wildman–Crippen MR) is 48.3 cm³/mol. The monoisotopic (exact) mass is 185 g/mol. The molecule has 0 spiro atoms. The van der Waals surface area contributed by atoms with Gasteiger partial charge >= 0.3 is 0 Å². The largest absolute Gasteiger partial charge is 0.344 e. The zero-order valence-corrected chi connectivity index (χ0v) is 8.48. The zero-order valence-electron chi connectivity index (χ0n) is 7.66. The van der Waals surface area contributed by atoms with Crippen molar-refractivity contribution in [1.82, 2.24) is 11.1 Å². The number of hydrogen-bond acceptors (Lipinski definition) is 4.